The van der Waals surface area contributed by atoms with Gasteiger partial charge >= 0.3 is 7.05 Å². The zero-order valence-corrected chi connectivity index (χ0v) is 20.3. The van der Waals surface area contributed by atoms with Crippen molar-refractivity contribution in [1.82, 2.24) is 10.8 Å². The standard InChI is InChI=1S/C8H12BBrN2O.C7H6Br2.C2H8BNO/c1-9(13)12-11-6-7-2-4-8(10)5-3-7;8-5-6-1-3-7(9)4-2-6;1-3(5)2-4/h2-5,11-13H,6H2,1H3;1-4H,5H2;5H,2,4H2,1H3. The van der Waals surface area contributed by atoms with Gasteiger partial charge < -0.3 is 15.8 Å². The molecule has 0 heterocycles. The van der Waals surface area contributed by atoms with Gasteiger partial charge in [-0.3, -0.25) is 10.8 Å². The second kappa shape index (κ2) is 16.7. The molecule has 0 radical (unpaired) electrons. The smallest absolute Gasteiger partial charge is 0.387 e. The predicted molar refractivity (Wildman–Crippen MR) is 128 cm³/mol. The Bertz CT molecular complexity index is 603. The summed E-state index contributed by atoms with van der Waals surface area (Å²) in [5.41, 5.74) is 10.3. The molecule has 0 aliphatic heterocycles. The van der Waals surface area contributed by atoms with E-state index in [9.17, 15) is 0 Å². The molecule has 0 fully saturated rings. The molecule has 0 aliphatic rings. The van der Waals surface area contributed by atoms with Crippen molar-refractivity contribution >= 4 is 61.8 Å². The maximum atomic E-state index is 8.89. The maximum Gasteiger partial charge on any atom is 0.387 e. The molecule has 148 valence electrons. The van der Waals surface area contributed by atoms with Crippen molar-refractivity contribution < 1.29 is 10.0 Å². The van der Waals surface area contributed by atoms with Gasteiger partial charge in [-0.25, -0.2) is 0 Å². The molecular weight excluding hydrogens is 540 g/mol. The Morgan fingerprint density at radius 2 is 1.30 bits per heavy atom. The van der Waals surface area contributed by atoms with E-state index in [4.69, 9.17) is 15.8 Å². The molecule has 10 heteroatoms. The van der Waals surface area contributed by atoms with Gasteiger partial charge in [0.2, 0.25) is 0 Å². The minimum absolute atomic E-state index is 0.338. The van der Waals surface area contributed by atoms with Crippen molar-refractivity contribution in [2.75, 3.05) is 6.44 Å². The highest BCUT2D eigenvalue weighted by molar-refractivity contribution is 9.10. The topological polar surface area (TPSA) is 90.5 Å². The zero-order valence-electron chi connectivity index (χ0n) is 15.5. The second-order valence-electron chi connectivity index (χ2n) is 5.65. The van der Waals surface area contributed by atoms with Crippen LogP contribution in [-0.2, 0) is 11.9 Å². The molecule has 0 atom stereocenters. The van der Waals surface area contributed by atoms with Crippen LogP contribution in [-0.4, -0.2) is 30.5 Å². The summed E-state index contributed by atoms with van der Waals surface area (Å²) in [4.78, 5) is 0. The van der Waals surface area contributed by atoms with Crippen LogP contribution in [0.4, 0.5) is 0 Å². The molecule has 0 aliphatic carbocycles. The van der Waals surface area contributed by atoms with Crippen LogP contribution in [0.1, 0.15) is 11.1 Å². The van der Waals surface area contributed by atoms with Crippen molar-refractivity contribution in [3.05, 3.63) is 68.6 Å². The third-order valence-corrected chi connectivity index (χ3v) is 4.63. The van der Waals surface area contributed by atoms with Crippen LogP contribution in [0, 0.1) is 0 Å². The number of rotatable bonds is 6. The number of halogens is 3. The molecule has 0 saturated carbocycles. The van der Waals surface area contributed by atoms with Crippen LogP contribution in [0.3, 0.4) is 0 Å². The highest BCUT2D eigenvalue weighted by Gasteiger charge is 1.99. The Labute approximate surface area is 188 Å². The van der Waals surface area contributed by atoms with E-state index in [0.717, 1.165) is 19.8 Å². The third kappa shape index (κ3) is 16.5. The fraction of sp³-hybridized carbons (Fsp3) is 0.294. The highest BCUT2D eigenvalue weighted by Crippen LogP contribution is 2.12. The zero-order chi connectivity index (χ0) is 20.7. The Morgan fingerprint density at radius 3 is 1.63 bits per heavy atom. The summed E-state index contributed by atoms with van der Waals surface area (Å²) in [6.45, 7) is 3.67. The van der Waals surface area contributed by atoms with Gasteiger partial charge in [0.05, 0.1) is 0 Å². The predicted octanol–water partition coefficient (Wildman–Crippen LogP) is 3.60. The summed E-state index contributed by atoms with van der Waals surface area (Å²) in [5, 5.41) is 20.8. The minimum atomic E-state index is -0.532. The molecule has 0 saturated heterocycles. The lowest BCUT2D eigenvalue weighted by atomic mass is 9.73. The monoisotopic (exact) mass is 563 g/mol. The van der Waals surface area contributed by atoms with E-state index in [1.54, 1.807) is 13.6 Å². The number of benzene rings is 2. The average Bonchev–Trinajstić information content (AvgIpc) is 2.65. The summed E-state index contributed by atoms with van der Waals surface area (Å²) in [5.74, 6) is 0. The van der Waals surface area contributed by atoms with Crippen LogP contribution in [0.2, 0.25) is 13.6 Å². The minimum Gasteiger partial charge on any atom is -0.449 e. The van der Waals surface area contributed by atoms with Crippen LogP contribution in [0.5, 0.6) is 0 Å². The lowest BCUT2D eigenvalue weighted by Gasteiger charge is -2.06. The normalized spacial score (nSPS) is 9.48. The SMILES string of the molecule is BrCc1ccc(Br)cc1.CB(O)CN.CB(O)NNCc1ccc(Br)cc1. The van der Waals surface area contributed by atoms with E-state index < -0.39 is 7.05 Å². The molecule has 2 aromatic carbocycles. The van der Waals surface area contributed by atoms with E-state index in [0.29, 0.717) is 13.0 Å². The summed E-state index contributed by atoms with van der Waals surface area (Å²) in [6, 6.07) is 16.2. The first kappa shape index (κ1) is 26.8. The molecule has 2 aromatic rings. The van der Waals surface area contributed by atoms with E-state index >= 15 is 0 Å². The van der Waals surface area contributed by atoms with Crippen LogP contribution >= 0.6 is 47.8 Å². The van der Waals surface area contributed by atoms with Gasteiger partial charge in [-0.2, -0.15) is 0 Å². The number of hydrogen-bond donors (Lipinski definition) is 5. The Hall–Kier alpha value is -0.190. The second-order valence-corrected chi connectivity index (χ2v) is 8.04. The molecular formula is C17H26B2Br3N3O2. The van der Waals surface area contributed by atoms with Crippen molar-refractivity contribution in [3.8, 4) is 0 Å². The maximum absolute atomic E-state index is 8.89. The molecule has 0 aromatic heterocycles. The number of nitrogens with one attached hydrogen (secondary N) is 2. The molecule has 27 heavy (non-hydrogen) atoms. The Morgan fingerprint density at radius 1 is 0.889 bits per heavy atom. The van der Waals surface area contributed by atoms with Gasteiger partial charge in [-0.05, 0) is 48.7 Å². The quantitative estimate of drug-likeness (QED) is 0.210. The number of nitrogens with two attached hydrogens (primary N) is 1. The van der Waals surface area contributed by atoms with Crippen molar-refractivity contribution in [3.63, 3.8) is 0 Å². The fourth-order valence-electron chi connectivity index (χ4n) is 1.48. The largest absolute Gasteiger partial charge is 0.449 e. The average molecular weight is 566 g/mol. The Kier molecular flexibility index (Phi) is 16.6. The first-order valence-electron chi connectivity index (χ1n) is 8.37. The first-order valence-corrected chi connectivity index (χ1v) is 11.1. The number of hydrazine groups is 1. The van der Waals surface area contributed by atoms with Crippen LogP contribution in [0.25, 0.3) is 0 Å². The molecule has 6 N–H and O–H groups in total. The molecule has 0 bridgehead atoms. The van der Waals surface area contributed by atoms with Crippen molar-refractivity contribution in [2.24, 2.45) is 5.73 Å². The Balaban J connectivity index is 0.000000419. The van der Waals surface area contributed by atoms with E-state index in [-0.39, 0.29) is 6.92 Å². The molecule has 0 spiro atoms. The third-order valence-electron chi connectivity index (χ3n) is 2.93. The van der Waals surface area contributed by atoms with Crippen molar-refractivity contribution in [1.29, 1.82) is 0 Å². The van der Waals surface area contributed by atoms with Gasteiger partial charge in [-0.1, -0.05) is 78.9 Å². The summed E-state index contributed by atoms with van der Waals surface area (Å²) >= 11 is 10.1. The lowest BCUT2D eigenvalue weighted by molar-refractivity contribution is 0.520. The van der Waals surface area contributed by atoms with E-state index in [1.165, 1.54) is 5.56 Å². The number of hydrogen-bond acceptors (Lipinski definition) is 5. The fourth-order valence-corrected chi connectivity index (χ4v) is 2.38. The first-order chi connectivity index (χ1) is 12.8. The van der Waals surface area contributed by atoms with E-state index in [1.807, 2.05) is 36.4 Å². The number of alkyl halides is 1. The summed E-state index contributed by atoms with van der Waals surface area (Å²) < 4.78 is 2.20. The summed E-state index contributed by atoms with van der Waals surface area (Å²) in [7, 11) is -0.532. The molecule has 5 nitrogen and oxygen atoms in total. The van der Waals surface area contributed by atoms with E-state index in [2.05, 4.69) is 70.7 Å². The van der Waals surface area contributed by atoms with Gasteiger partial charge in [0, 0.05) is 20.8 Å². The van der Waals surface area contributed by atoms with Crippen LogP contribution in [0.15, 0.2) is 57.5 Å². The van der Waals surface area contributed by atoms with Gasteiger partial charge in [0.15, 0.2) is 0 Å². The van der Waals surface area contributed by atoms with Gasteiger partial charge in [-0.15, -0.1) is 0 Å². The van der Waals surface area contributed by atoms with Gasteiger partial charge in [0.1, 0.15) is 0 Å². The lowest BCUT2D eigenvalue weighted by Crippen LogP contribution is -2.41. The molecule has 0 unspecified atom stereocenters. The highest BCUT2D eigenvalue weighted by atomic mass is 79.9. The van der Waals surface area contributed by atoms with Crippen LogP contribution < -0.4 is 16.5 Å². The summed E-state index contributed by atoms with van der Waals surface area (Å²) in [6.07, 6.45) is 0.361. The molecule has 2 rings (SSSR count). The van der Waals surface area contributed by atoms with Gasteiger partial charge in [0.25, 0.3) is 6.92 Å². The molecule has 0 amide bonds. The van der Waals surface area contributed by atoms with Crippen molar-refractivity contribution in [2.45, 2.75) is 25.5 Å².